The van der Waals surface area contributed by atoms with Gasteiger partial charge >= 0.3 is 0 Å². The lowest BCUT2D eigenvalue weighted by molar-refractivity contribution is -0.142. The van der Waals surface area contributed by atoms with E-state index in [9.17, 15) is 9.59 Å². The summed E-state index contributed by atoms with van der Waals surface area (Å²) in [6, 6.07) is 7.38. The molecular formula is C22H26N4O3. The molecule has 0 saturated heterocycles. The predicted octanol–water partition coefficient (Wildman–Crippen LogP) is 2.93. The number of carbonyl (C=O) groups excluding carboxylic acids is 2. The normalized spacial score (nSPS) is 29.9. The number of para-hydroxylation sites is 1. The van der Waals surface area contributed by atoms with Gasteiger partial charge in [0.15, 0.2) is 5.72 Å². The summed E-state index contributed by atoms with van der Waals surface area (Å²) >= 11 is 0. The molecule has 1 aliphatic heterocycles. The highest BCUT2D eigenvalue weighted by Crippen LogP contribution is 2.52. The molecule has 2 bridgehead atoms. The summed E-state index contributed by atoms with van der Waals surface area (Å²) in [4.78, 5) is 25.8. The molecule has 1 spiro atoms. The first kappa shape index (κ1) is 18.2. The monoisotopic (exact) mass is 394 g/mol. The first-order valence-corrected chi connectivity index (χ1v) is 10.3. The van der Waals surface area contributed by atoms with Gasteiger partial charge in [-0.1, -0.05) is 12.1 Å². The zero-order valence-corrected chi connectivity index (χ0v) is 17.0. The number of amides is 2. The highest BCUT2D eigenvalue weighted by molar-refractivity contribution is 5.98. The van der Waals surface area contributed by atoms with Crippen molar-refractivity contribution in [2.24, 2.45) is 24.8 Å². The second kappa shape index (κ2) is 6.34. The van der Waals surface area contributed by atoms with E-state index in [1.807, 2.05) is 39.1 Å². The Labute approximate surface area is 169 Å². The molecule has 3 aliphatic carbocycles. The van der Waals surface area contributed by atoms with E-state index in [2.05, 4.69) is 15.7 Å². The summed E-state index contributed by atoms with van der Waals surface area (Å²) in [7, 11) is 1.88. The number of anilines is 1. The van der Waals surface area contributed by atoms with Gasteiger partial charge in [0, 0.05) is 25.3 Å². The van der Waals surface area contributed by atoms with Crippen molar-refractivity contribution in [2.75, 3.05) is 5.32 Å². The van der Waals surface area contributed by atoms with Crippen LogP contribution in [0.2, 0.25) is 0 Å². The Morgan fingerprint density at radius 1 is 1.31 bits per heavy atom. The average Bonchev–Trinajstić information content (AvgIpc) is 2.94. The van der Waals surface area contributed by atoms with Crippen molar-refractivity contribution in [1.82, 2.24) is 15.1 Å². The minimum absolute atomic E-state index is 0.0521. The van der Waals surface area contributed by atoms with Crippen LogP contribution in [0.3, 0.4) is 0 Å². The summed E-state index contributed by atoms with van der Waals surface area (Å²) in [6.45, 7) is 3.87. The van der Waals surface area contributed by atoms with Gasteiger partial charge in [-0.05, 0) is 51.2 Å². The third-order valence-electron chi connectivity index (χ3n) is 7.06. The van der Waals surface area contributed by atoms with Crippen molar-refractivity contribution in [2.45, 2.75) is 45.3 Å². The number of ether oxygens (including phenoxy) is 1. The molecule has 4 atom stereocenters. The van der Waals surface area contributed by atoms with Crippen molar-refractivity contribution < 1.29 is 14.3 Å². The molecule has 2 N–H and O–H groups in total. The zero-order chi connectivity index (χ0) is 20.3. The Hall–Kier alpha value is -2.83. The number of aryl methyl sites for hydroxylation is 2. The van der Waals surface area contributed by atoms with E-state index >= 15 is 0 Å². The maximum Gasteiger partial charge on any atom is 0.258 e. The molecule has 3 saturated carbocycles. The molecule has 0 radical (unpaired) electrons. The van der Waals surface area contributed by atoms with E-state index in [0.717, 1.165) is 36.3 Å². The lowest BCUT2D eigenvalue weighted by Crippen LogP contribution is -2.66. The molecular weight excluding hydrogens is 368 g/mol. The molecule has 7 nitrogen and oxygen atoms in total. The van der Waals surface area contributed by atoms with Gasteiger partial charge in [0.25, 0.3) is 5.91 Å². The van der Waals surface area contributed by atoms with E-state index in [4.69, 9.17) is 4.74 Å². The second-order valence-electron chi connectivity index (χ2n) is 8.68. The third-order valence-corrected chi connectivity index (χ3v) is 7.06. The van der Waals surface area contributed by atoms with E-state index in [-0.39, 0.29) is 29.6 Å². The number of nitrogens with one attached hydrogen (secondary N) is 2. The number of benzene rings is 1. The Balaban J connectivity index is 1.37. The van der Waals surface area contributed by atoms with Crippen molar-refractivity contribution in [1.29, 1.82) is 0 Å². The number of rotatable bonds is 2. The van der Waals surface area contributed by atoms with Gasteiger partial charge in [0.05, 0.1) is 22.6 Å². The molecule has 3 fully saturated rings. The molecule has 152 valence electrons. The summed E-state index contributed by atoms with van der Waals surface area (Å²) < 4.78 is 8.16. The van der Waals surface area contributed by atoms with Crippen molar-refractivity contribution >= 4 is 17.5 Å². The van der Waals surface area contributed by atoms with Crippen LogP contribution in [-0.4, -0.2) is 27.3 Å². The van der Waals surface area contributed by atoms with Crippen molar-refractivity contribution in [3.63, 3.8) is 0 Å². The largest absolute Gasteiger partial charge is 0.467 e. The van der Waals surface area contributed by atoms with Crippen molar-refractivity contribution in [3.05, 3.63) is 41.2 Å². The molecule has 1 aromatic heterocycles. The fraction of sp³-hybridized carbons (Fsp3) is 0.500. The SMILES string of the molecule is Cc1nn(C)c(C)c1NC(=O)[C@@H]1C[C@@H]2CC[C@@H]1C[C@@]21NC(=O)c2ccccc2O1. The lowest BCUT2D eigenvalue weighted by Gasteiger charge is -2.55. The van der Waals surface area contributed by atoms with Crippen LogP contribution in [0, 0.1) is 31.6 Å². The number of hydrogen-bond donors (Lipinski definition) is 2. The Bertz CT molecular complexity index is 1010. The molecule has 29 heavy (non-hydrogen) atoms. The van der Waals surface area contributed by atoms with Crippen LogP contribution in [-0.2, 0) is 11.8 Å². The van der Waals surface area contributed by atoms with Crippen molar-refractivity contribution in [3.8, 4) is 5.75 Å². The van der Waals surface area contributed by atoms with Crippen LogP contribution < -0.4 is 15.4 Å². The smallest absolute Gasteiger partial charge is 0.258 e. The van der Waals surface area contributed by atoms with Gasteiger partial charge in [-0.2, -0.15) is 5.10 Å². The quantitative estimate of drug-likeness (QED) is 0.820. The van der Waals surface area contributed by atoms with Crippen LogP contribution in [0.15, 0.2) is 24.3 Å². The number of aromatic nitrogens is 2. The highest BCUT2D eigenvalue weighted by Gasteiger charge is 2.57. The predicted molar refractivity (Wildman–Crippen MR) is 108 cm³/mol. The van der Waals surface area contributed by atoms with Crippen LogP contribution in [0.5, 0.6) is 5.75 Å². The van der Waals surface area contributed by atoms with Crippen LogP contribution in [0.4, 0.5) is 5.69 Å². The fourth-order valence-corrected chi connectivity index (χ4v) is 5.45. The van der Waals surface area contributed by atoms with E-state index in [1.54, 1.807) is 10.7 Å². The van der Waals surface area contributed by atoms with E-state index < -0.39 is 5.72 Å². The highest BCUT2D eigenvalue weighted by atomic mass is 16.5. The summed E-state index contributed by atoms with van der Waals surface area (Å²) in [5.74, 6) is 0.847. The van der Waals surface area contributed by atoms with Gasteiger partial charge in [-0.15, -0.1) is 0 Å². The summed E-state index contributed by atoms with van der Waals surface area (Å²) in [5.41, 5.74) is 2.48. The molecule has 2 heterocycles. The van der Waals surface area contributed by atoms with Gasteiger partial charge in [-0.25, -0.2) is 0 Å². The van der Waals surface area contributed by atoms with Gasteiger partial charge in [0.2, 0.25) is 5.91 Å². The molecule has 2 amide bonds. The molecule has 2 aromatic rings. The fourth-order valence-electron chi connectivity index (χ4n) is 5.45. The van der Waals surface area contributed by atoms with Crippen LogP contribution in [0.1, 0.15) is 47.4 Å². The summed E-state index contributed by atoms with van der Waals surface area (Å²) in [5, 5.41) is 10.7. The van der Waals surface area contributed by atoms with Crippen LogP contribution in [0.25, 0.3) is 0 Å². The number of hydrogen-bond acceptors (Lipinski definition) is 4. The topological polar surface area (TPSA) is 85.3 Å². The number of fused-ring (bicyclic) bond motifs is 3. The average molecular weight is 394 g/mol. The molecule has 0 unspecified atom stereocenters. The first-order valence-electron chi connectivity index (χ1n) is 10.3. The van der Waals surface area contributed by atoms with Gasteiger partial charge in [0.1, 0.15) is 5.75 Å². The Kier molecular flexibility index (Phi) is 3.98. The first-order chi connectivity index (χ1) is 13.9. The molecule has 4 aliphatic rings. The van der Waals surface area contributed by atoms with Crippen LogP contribution >= 0.6 is 0 Å². The van der Waals surface area contributed by atoms with E-state index in [0.29, 0.717) is 17.7 Å². The molecule has 6 rings (SSSR count). The molecule has 1 aromatic carbocycles. The molecule has 7 heteroatoms. The summed E-state index contributed by atoms with van der Waals surface area (Å²) in [6.07, 6.45) is 3.33. The zero-order valence-electron chi connectivity index (χ0n) is 17.0. The Morgan fingerprint density at radius 2 is 2.10 bits per heavy atom. The second-order valence-corrected chi connectivity index (χ2v) is 8.68. The maximum atomic E-state index is 13.1. The maximum absolute atomic E-state index is 13.1. The standard InChI is InChI=1S/C22H26N4O3/c1-12-19(13(2)26(3)25-12)23-20(27)17-10-15-9-8-14(17)11-22(15)24-21(28)16-6-4-5-7-18(16)29-22/h4-7,14-15,17H,8-11H2,1-3H3,(H,23,27)(H,24,28)/t14-,15+,17-,22+/m1/s1. The number of carbonyl (C=O) groups is 2. The van der Waals surface area contributed by atoms with Gasteiger partial charge in [-0.3, -0.25) is 14.3 Å². The lowest BCUT2D eigenvalue weighted by atomic mass is 9.60. The number of nitrogens with zero attached hydrogens (tertiary/aromatic N) is 2. The Morgan fingerprint density at radius 3 is 2.79 bits per heavy atom. The third kappa shape index (κ3) is 2.74. The minimum Gasteiger partial charge on any atom is -0.467 e. The van der Waals surface area contributed by atoms with Gasteiger partial charge < -0.3 is 15.4 Å². The minimum atomic E-state index is -0.689. The van der Waals surface area contributed by atoms with E-state index in [1.165, 1.54) is 0 Å².